The third-order valence-electron chi connectivity index (χ3n) is 1.91. The summed E-state index contributed by atoms with van der Waals surface area (Å²) < 4.78 is 6.06. The summed E-state index contributed by atoms with van der Waals surface area (Å²) in [7, 11) is 1.58. The Labute approximate surface area is 91.5 Å². The summed E-state index contributed by atoms with van der Waals surface area (Å²) in [6.45, 7) is -0.240. The molecule has 0 saturated carbocycles. The molecule has 14 heavy (non-hydrogen) atoms. The van der Waals surface area contributed by atoms with Crippen molar-refractivity contribution < 1.29 is 14.9 Å². The van der Waals surface area contributed by atoms with Gasteiger partial charge >= 0.3 is 0 Å². The molecule has 0 aliphatic rings. The van der Waals surface area contributed by atoms with Gasteiger partial charge in [-0.3, -0.25) is 0 Å². The summed E-state index contributed by atoms with van der Waals surface area (Å²) in [6, 6.07) is 5.56. The first-order chi connectivity index (χ1) is 6.67. The minimum Gasteiger partial charge on any atom is -0.496 e. The Morgan fingerprint density at radius 1 is 1.50 bits per heavy atom. The molecule has 0 aliphatic heterocycles. The first-order valence-electron chi connectivity index (χ1n) is 4.28. The van der Waals surface area contributed by atoms with Crippen molar-refractivity contribution in [2.45, 2.75) is 12.5 Å². The van der Waals surface area contributed by atoms with Gasteiger partial charge in [-0.1, -0.05) is 15.9 Å². The standard InChI is InChI=1S/C10H13BrO3/c1-14-10-3-2-8(11)4-7(10)5-9(13)6-12/h2-4,9,12-13H,5-6H2,1H3. The molecule has 0 aromatic heterocycles. The summed E-state index contributed by atoms with van der Waals surface area (Å²) in [5.74, 6) is 0.723. The van der Waals surface area contributed by atoms with Crippen LogP contribution in [-0.4, -0.2) is 30.0 Å². The van der Waals surface area contributed by atoms with Crippen LogP contribution in [0.3, 0.4) is 0 Å². The lowest BCUT2D eigenvalue weighted by molar-refractivity contribution is 0.0949. The zero-order chi connectivity index (χ0) is 10.6. The van der Waals surface area contributed by atoms with Crippen molar-refractivity contribution in [2.24, 2.45) is 0 Å². The van der Waals surface area contributed by atoms with Gasteiger partial charge in [-0.2, -0.15) is 0 Å². The minimum atomic E-state index is -0.738. The van der Waals surface area contributed by atoms with Crippen LogP contribution in [0.4, 0.5) is 0 Å². The van der Waals surface area contributed by atoms with Crippen LogP contribution in [0.25, 0.3) is 0 Å². The topological polar surface area (TPSA) is 49.7 Å². The van der Waals surface area contributed by atoms with E-state index in [2.05, 4.69) is 15.9 Å². The van der Waals surface area contributed by atoms with Gasteiger partial charge in [-0.25, -0.2) is 0 Å². The van der Waals surface area contributed by atoms with E-state index >= 15 is 0 Å². The van der Waals surface area contributed by atoms with Crippen LogP contribution >= 0.6 is 15.9 Å². The predicted octanol–water partition coefficient (Wildman–Crippen LogP) is 1.35. The molecule has 0 saturated heterocycles. The molecule has 1 rings (SSSR count). The van der Waals surface area contributed by atoms with E-state index < -0.39 is 6.10 Å². The predicted molar refractivity (Wildman–Crippen MR) is 57.5 cm³/mol. The normalized spacial score (nSPS) is 12.6. The molecule has 1 aromatic carbocycles. The van der Waals surface area contributed by atoms with Crippen LogP contribution in [0.5, 0.6) is 5.75 Å². The molecule has 2 N–H and O–H groups in total. The Morgan fingerprint density at radius 3 is 2.79 bits per heavy atom. The highest BCUT2D eigenvalue weighted by Gasteiger charge is 2.09. The van der Waals surface area contributed by atoms with E-state index in [0.29, 0.717) is 6.42 Å². The molecule has 1 unspecified atom stereocenters. The quantitative estimate of drug-likeness (QED) is 0.860. The highest BCUT2D eigenvalue weighted by atomic mass is 79.9. The Balaban J connectivity index is 2.87. The van der Waals surface area contributed by atoms with Gasteiger partial charge in [-0.15, -0.1) is 0 Å². The first-order valence-corrected chi connectivity index (χ1v) is 5.08. The fraction of sp³-hybridized carbons (Fsp3) is 0.400. The van der Waals surface area contributed by atoms with E-state index in [9.17, 15) is 5.11 Å². The number of hydrogen-bond acceptors (Lipinski definition) is 3. The minimum absolute atomic E-state index is 0.240. The summed E-state index contributed by atoms with van der Waals surface area (Å²) in [5.41, 5.74) is 0.878. The van der Waals surface area contributed by atoms with Gasteiger partial charge in [0.25, 0.3) is 0 Å². The molecule has 0 spiro atoms. The van der Waals surface area contributed by atoms with E-state index in [1.54, 1.807) is 7.11 Å². The number of methoxy groups -OCH3 is 1. The highest BCUT2D eigenvalue weighted by Crippen LogP contribution is 2.24. The molecule has 0 fully saturated rings. The van der Waals surface area contributed by atoms with Crippen molar-refractivity contribution in [3.05, 3.63) is 28.2 Å². The van der Waals surface area contributed by atoms with Crippen molar-refractivity contribution in [3.8, 4) is 5.75 Å². The molecule has 0 heterocycles. The molecule has 0 bridgehead atoms. The van der Waals surface area contributed by atoms with E-state index in [1.807, 2.05) is 18.2 Å². The summed E-state index contributed by atoms with van der Waals surface area (Å²) in [6.07, 6.45) is -0.350. The van der Waals surface area contributed by atoms with Gasteiger partial charge < -0.3 is 14.9 Å². The second kappa shape index (κ2) is 5.34. The molecule has 0 aliphatic carbocycles. The fourth-order valence-corrected chi connectivity index (χ4v) is 1.63. The van der Waals surface area contributed by atoms with Crippen LogP contribution in [0.2, 0.25) is 0 Å². The molecule has 0 amide bonds. The van der Waals surface area contributed by atoms with Crippen molar-refractivity contribution in [1.29, 1.82) is 0 Å². The zero-order valence-electron chi connectivity index (χ0n) is 7.90. The van der Waals surface area contributed by atoms with Gasteiger partial charge in [0.2, 0.25) is 0 Å². The van der Waals surface area contributed by atoms with Crippen molar-refractivity contribution in [1.82, 2.24) is 0 Å². The second-order valence-corrected chi connectivity index (χ2v) is 3.91. The average molecular weight is 261 g/mol. The number of aliphatic hydroxyl groups excluding tert-OH is 2. The third kappa shape index (κ3) is 2.97. The second-order valence-electron chi connectivity index (χ2n) is 3.00. The van der Waals surface area contributed by atoms with Crippen LogP contribution in [0, 0.1) is 0 Å². The lowest BCUT2D eigenvalue weighted by Crippen LogP contribution is -2.15. The lowest BCUT2D eigenvalue weighted by Gasteiger charge is -2.11. The smallest absolute Gasteiger partial charge is 0.122 e. The van der Waals surface area contributed by atoms with Gasteiger partial charge in [-0.05, 0) is 23.8 Å². The summed E-state index contributed by atoms with van der Waals surface area (Å²) in [5, 5.41) is 18.0. The van der Waals surface area contributed by atoms with Gasteiger partial charge in [0.15, 0.2) is 0 Å². The van der Waals surface area contributed by atoms with Gasteiger partial charge in [0.05, 0.1) is 19.8 Å². The SMILES string of the molecule is COc1ccc(Br)cc1CC(O)CO. The van der Waals surface area contributed by atoms with Crippen molar-refractivity contribution in [3.63, 3.8) is 0 Å². The number of halogens is 1. The van der Waals surface area contributed by atoms with E-state index in [0.717, 1.165) is 15.8 Å². The number of aliphatic hydroxyl groups is 2. The Kier molecular flexibility index (Phi) is 4.38. The first kappa shape index (κ1) is 11.5. The molecule has 3 nitrogen and oxygen atoms in total. The molecule has 0 radical (unpaired) electrons. The average Bonchev–Trinajstić information content (AvgIpc) is 2.18. The molecule has 1 atom stereocenters. The molecule has 1 aromatic rings. The van der Waals surface area contributed by atoms with E-state index in [4.69, 9.17) is 9.84 Å². The van der Waals surface area contributed by atoms with Crippen LogP contribution in [-0.2, 0) is 6.42 Å². The summed E-state index contributed by atoms with van der Waals surface area (Å²) in [4.78, 5) is 0. The number of benzene rings is 1. The van der Waals surface area contributed by atoms with E-state index in [-0.39, 0.29) is 6.61 Å². The van der Waals surface area contributed by atoms with Crippen LogP contribution in [0.1, 0.15) is 5.56 Å². The zero-order valence-corrected chi connectivity index (χ0v) is 9.49. The molecule has 4 heteroatoms. The number of ether oxygens (including phenoxy) is 1. The lowest BCUT2D eigenvalue weighted by atomic mass is 10.1. The van der Waals surface area contributed by atoms with E-state index in [1.165, 1.54) is 0 Å². The highest BCUT2D eigenvalue weighted by molar-refractivity contribution is 9.10. The van der Waals surface area contributed by atoms with Gasteiger partial charge in [0.1, 0.15) is 5.75 Å². The maximum atomic E-state index is 9.30. The Morgan fingerprint density at radius 2 is 2.21 bits per heavy atom. The maximum Gasteiger partial charge on any atom is 0.122 e. The monoisotopic (exact) mass is 260 g/mol. The van der Waals surface area contributed by atoms with Crippen molar-refractivity contribution >= 4 is 15.9 Å². The maximum absolute atomic E-state index is 9.30. The van der Waals surface area contributed by atoms with Gasteiger partial charge in [0, 0.05) is 10.9 Å². The third-order valence-corrected chi connectivity index (χ3v) is 2.40. The number of hydrogen-bond donors (Lipinski definition) is 2. The Hall–Kier alpha value is -0.580. The Bertz CT molecular complexity index is 301. The van der Waals surface area contributed by atoms with Crippen molar-refractivity contribution in [2.75, 3.05) is 13.7 Å². The molecular weight excluding hydrogens is 248 g/mol. The fourth-order valence-electron chi connectivity index (χ4n) is 1.23. The summed E-state index contributed by atoms with van der Waals surface area (Å²) >= 11 is 3.34. The van der Waals surface area contributed by atoms with Crippen LogP contribution in [0.15, 0.2) is 22.7 Å². The largest absolute Gasteiger partial charge is 0.496 e. The molecule has 78 valence electrons. The number of rotatable bonds is 4. The molecular formula is C10H13BrO3. The van der Waals surface area contributed by atoms with Crippen LogP contribution < -0.4 is 4.74 Å².